The van der Waals surface area contributed by atoms with Gasteiger partial charge in [0.2, 0.25) is 0 Å². The van der Waals surface area contributed by atoms with Crippen molar-refractivity contribution in [1.82, 2.24) is 0 Å². The normalized spacial score (nSPS) is 19.4. The van der Waals surface area contributed by atoms with Gasteiger partial charge in [-0.05, 0) is 6.42 Å². The predicted molar refractivity (Wildman–Crippen MR) is 50.3 cm³/mol. The van der Waals surface area contributed by atoms with Crippen LogP contribution in [0, 0.1) is 0 Å². The first-order valence-electron chi connectivity index (χ1n) is 3.39. The first-order valence-corrected chi connectivity index (χ1v) is 4.54. The van der Waals surface area contributed by atoms with Gasteiger partial charge in [-0.2, -0.15) is 25.3 Å². The van der Waals surface area contributed by atoms with Gasteiger partial charge in [0.1, 0.15) is 0 Å². The Balaban J connectivity index is 3.70. The minimum absolute atomic E-state index is 0.0372. The van der Waals surface area contributed by atoms with E-state index < -0.39 is 12.2 Å². The van der Waals surface area contributed by atoms with E-state index in [9.17, 15) is 5.11 Å². The SMILES string of the molecule is OCCC(S)[C@@H](O)[C@H](O)CS. The van der Waals surface area contributed by atoms with Gasteiger partial charge in [-0.1, -0.05) is 0 Å². The molecule has 3 N–H and O–H groups in total. The third-order valence-corrected chi connectivity index (χ3v) is 2.34. The van der Waals surface area contributed by atoms with Crippen molar-refractivity contribution in [2.75, 3.05) is 12.4 Å². The van der Waals surface area contributed by atoms with Gasteiger partial charge in [-0.3, -0.25) is 0 Å². The molecular weight excluding hydrogens is 184 g/mol. The van der Waals surface area contributed by atoms with Crippen LogP contribution in [0.15, 0.2) is 0 Å². The van der Waals surface area contributed by atoms with E-state index in [0.717, 1.165) is 0 Å². The maximum absolute atomic E-state index is 9.23. The van der Waals surface area contributed by atoms with Gasteiger partial charge in [-0.25, -0.2) is 0 Å². The minimum Gasteiger partial charge on any atom is -0.396 e. The van der Waals surface area contributed by atoms with Crippen LogP contribution in [0.2, 0.25) is 0 Å². The average molecular weight is 198 g/mol. The van der Waals surface area contributed by atoms with Gasteiger partial charge in [-0.15, -0.1) is 0 Å². The lowest BCUT2D eigenvalue weighted by Crippen LogP contribution is -2.36. The molecule has 0 amide bonds. The molecule has 0 aromatic carbocycles. The number of hydrogen-bond acceptors (Lipinski definition) is 5. The molecule has 0 aromatic heterocycles. The Kier molecular flexibility index (Phi) is 6.46. The largest absolute Gasteiger partial charge is 0.396 e. The second-order valence-electron chi connectivity index (χ2n) is 2.32. The van der Waals surface area contributed by atoms with Gasteiger partial charge >= 0.3 is 0 Å². The molecule has 5 heteroatoms. The maximum atomic E-state index is 9.23. The number of aliphatic hydroxyl groups excluding tert-OH is 3. The Bertz CT molecular complexity index is 102. The first-order chi connectivity index (χ1) is 5.13. The number of rotatable bonds is 5. The molecule has 0 saturated heterocycles. The summed E-state index contributed by atoms with van der Waals surface area (Å²) in [7, 11) is 0. The Morgan fingerprint density at radius 1 is 1.27 bits per heavy atom. The fourth-order valence-electron chi connectivity index (χ4n) is 0.667. The highest BCUT2D eigenvalue weighted by molar-refractivity contribution is 7.81. The zero-order chi connectivity index (χ0) is 8.85. The fourth-order valence-corrected chi connectivity index (χ4v) is 1.20. The van der Waals surface area contributed by atoms with Gasteiger partial charge in [0, 0.05) is 17.6 Å². The third-order valence-electron chi connectivity index (χ3n) is 1.40. The highest BCUT2D eigenvalue weighted by Gasteiger charge is 2.21. The summed E-state index contributed by atoms with van der Waals surface area (Å²) in [5.41, 5.74) is 0. The van der Waals surface area contributed by atoms with Gasteiger partial charge in [0.05, 0.1) is 12.2 Å². The molecule has 3 atom stereocenters. The minimum atomic E-state index is -0.914. The lowest BCUT2D eigenvalue weighted by atomic mass is 10.1. The van der Waals surface area contributed by atoms with Crippen LogP contribution in [-0.4, -0.2) is 45.1 Å². The van der Waals surface area contributed by atoms with Crippen LogP contribution in [0.1, 0.15) is 6.42 Å². The summed E-state index contributed by atoms with van der Waals surface area (Å²) < 4.78 is 0. The fraction of sp³-hybridized carbons (Fsp3) is 1.00. The van der Waals surface area contributed by atoms with Crippen LogP contribution in [0.5, 0.6) is 0 Å². The van der Waals surface area contributed by atoms with Crippen LogP contribution in [-0.2, 0) is 0 Å². The van der Waals surface area contributed by atoms with Gasteiger partial charge in [0.15, 0.2) is 0 Å². The van der Waals surface area contributed by atoms with Crippen molar-refractivity contribution >= 4 is 25.3 Å². The van der Waals surface area contributed by atoms with Crippen LogP contribution >= 0.6 is 25.3 Å². The maximum Gasteiger partial charge on any atom is 0.0923 e. The van der Waals surface area contributed by atoms with E-state index in [1.165, 1.54) is 0 Å². The molecule has 0 aromatic rings. The Morgan fingerprint density at radius 2 is 1.82 bits per heavy atom. The number of thiol groups is 2. The smallest absolute Gasteiger partial charge is 0.0923 e. The lowest BCUT2D eigenvalue weighted by molar-refractivity contribution is 0.0299. The highest BCUT2D eigenvalue weighted by Crippen LogP contribution is 2.10. The van der Waals surface area contributed by atoms with Crippen LogP contribution in [0.4, 0.5) is 0 Å². The summed E-state index contributed by atoms with van der Waals surface area (Å²) in [6.45, 7) is -0.0372. The molecule has 0 saturated carbocycles. The summed E-state index contributed by atoms with van der Waals surface area (Å²) in [5.74, 6) is 0.198. The van der Waals surface area contributed by atoms with Crippen LogP contribution < -0.4 is 0 Å². The van der Waals surface area contributed by atoms with Crippen molar-refractivity contribution in [2.24, 2.45) is 0 Å². The molecule has 0 fully saturated rings. The van der Waals surface area contributed by atoms with Crippen molar-refractivity contribution in [1.29, 1.82) is 0 Å². The molecule has 1 unspecified atom stereocenters. The molecule has 0 spiro atoms. The summed E-state index contributed by atoms with van der Waals surface area (Å²) >= 11 is 7.81. The highest BCUT2D eigenvalue weighted by atomic mass is 32.1. The second-order valence-corrected chi connectivity index (χ2v) is 3.35. The predicted octanol–water partition coefficient (Wildman–Crippen LogP) is -0.681. The van der Waals surface area contributed by atoms with Crippen LogP contribution in [0.25, 0.3) is 0 Å². The topological polar surface area (TPSA) is 60.7 Å². The van der Waals surface area contributed by atoms with E-state index in [4.69, 9.17) is 10.2 Å². The zero-order valence-corrected chi connectivity index (χ0v) is 7.88. The number of hydrogen-bond donors (Lipinski definition) is 5. The Hall–Kier alpha value is 0.580. The van der Waals surface area contributed by atoms with E-state index in [0.29, 0.717) is 6.42 Å². The molecule has 0 bridgehead atoms. The van der Waals surface area contributed by atoms with Crippen molar-refractivity contribution in [2.45, 2.75) is 23.9 Å². The molecule has 0 aliphatic heterocycles. The first kappa shape index (κ1) is 11.6. The summed E-state index contributed by atoms with van der Waals surface area (Å²) in [5, 5.41) is 26.4. The summed E-state index contributed by atoms with van der Waals surface area (Å²) in [4.78, 5) is 0. The Morgan fingerprint density at radius 3 is 2.18 bits per heavy atom. The Labute approximate surface area is 77.3 Å². The van der Waals surface area contributed by atoms with E-state index >= 15 is 0 Å². The third kappa shape index (κ3) is 4.22. The second kappa shape index (κ2) is 6.14. The number of aliphatic hydroxyl groups is 3. The summed E-state index contributed by atoms with van der Waals surface area (Å²) in [6.07, 6.45) is -1.41. The van der Waals surface area contributed by atoms with Crippen molar-refractivity contribution in [3.63, 3.8) is 0 Å². The van der Waals surface area contributed by atoms with Gasteiger partial charge in [0.25, 0.3) is 0 Å². The molecule has 0 rings (SSSR count). The molecular formula is C6H14O3S2. The quantitative estimate of drug-likeness (QED) is 0.380. The van der Waals surface area contributed by atoms with Crippen LogP contribution in [0.3, 0.4) is 0 Å². The van der Waals surface area contributed by atoms with E-state index in [1.807, 2.05) is 0 Å². The molecule has 11 heavy (non-hydrogen) atoms. The molecule has 0 aliphatic carbocycles. The molecule has 68 valence electrons. The lowest BCUT2D eigenvalue weighted by Gasteiger charge is -2.20. The van der Waals surface area contributed by atoms with Crippen molar-refractivity contribution < 1.29 is 15.3 Å². The van der Waals surface area contributed by atoms with E-state index in [-0.39, 0.29) is 17.6 Å². The van der Waals surface area contributed by atoms with Crippen molar-refractivity contribution in [3.05, 3.63) is 0 Å². The van der Waals surface area contributed by atoms with E-state index in [2.05, 4.69) is 25.3 Å². The summed E-state index contributed by atoms with van der Waals surface area (Å²) in [6, 6.07) is 0. The molecule has 0 radical (unpaired) electrons. The van der Waals surface area contributed by atoms with Gasteiger partial charge < -0.3 is 15.3 Å². The molecule has 3 nitrogen and oxygen atoms in total. The molecule has 0 heterocycles. The standard InChI is InChI=1S/C6H14O3S2/c7-2-1-5(11)6(9)4(8)3-10/h4-11H,1-3H2/t4-,5?,6+/m1/s1. The monoisotopic (exact) mass is 198 g/mol. The van der Waals surface area contributed by atoms with Crippen molar-refractivity contribution in [3.8, 4) is 0 Å². The molecule has 0 aliphatic rings. The zero-order valence-electron chi connectivity index (χ0n) is 6.09. The average Bonchev–Trinajstić information content (AvgIpc) is 2.02. The van der Waals surface area contributed by atoms with E-state index in [1.54, 1.807) is 0 Å².